The average molecular weight is 372 g/mol. The van der Waals surface area contributed by atoms with E-state index in [1.54, 1.807) is 13.1 Å². The number of oxazole rings is 1. The Morgan fingerprint density at radius 2 is 1.88 bits per heavy atom. The Labute approximate surface area is 149 Å². The fourth-order valence-electron chi connectivity index (χ4n) is 2.69. The number of hydrogen-bond donors (Lipinski definition) is 2. The molecule has 0 radical (unpaired) electrons. The van der Waals surface area contributed by atoms with E-state index in [1.165, 1.54) is 4.57 Å². The van der Waals surface area contributed by atoms with E-state index in [2.05, 4.69) is 4.72 Å². The maximum Gasteiger partial charge on any atom is 0.419 e. The first-order chi connectivity index (χ1) is 12.3. The van der Waals surface area contributed by atoms with E-state index in [1.807, 2.05) is 42.5 Å². The number of nitriles is 1. The highest BCUT2D eigenvalue weighted by Gasteiger charge is 2.14. The van der Waals surface area contributed by atoms with Crippen LogP contribution in [0.3, 0.4) is 0 Å². The number of aromatic nitrogens is 1. The quantitative estimate of drug-likeness (QED) is 0.690. The summed E-state index contributed by atoms with van der Waals surface area (Å²) in [7, 11) is -2.30. The second-order valence-electron chi connectivity index (χ2n) is 5.86. The number of nitrogens with one attached hydrogen (secondary N) is 1. The van der Waals surface area contributed by atoms with Gasteiger partial charge in [0.15, 0.2) is 5.58 Å². The molecule has 3 N–H and O–H groups in total. The molecule has 8 nitrogen and oxygen atoms in total. The number of rotatable bonds is 5. The van der Waals surface area contributed by atoms with Crippen LogP contribution < -0.4 is 15.6 Å². The molecule has 0 aliphatic rings. The molecule has 26 heavy (non-hydrogen) atoms. The first-order valence-corrected chi connectivity index (χ1v) is 9.20. The summed E-state index contributed by atoms with van der Waals surface area (Å²) in [6.45, 7) is 0. The molecule has 0 spiro atoms. The lowest BCUT2D eigenvalue weighted by atomic mass is 10.0. The Bertz CT molecular complexity index is 1150. The molecule has 9 heteroatoms. The number of hydrogen-bond acceptors (Lipinski definition) is 5. The van der Waals surface area contributed by atoms with Crippen LogP contribution in [0.15, 0.2) is 51.7 Å². The van der Waals surface area contributed by atoms with Gasteiger partial charge in [-0.2, -0.15) is 18.4 Å². The van der Waals surface area contributed by atoms with E-state index >= 15 is 0 Å². The normalized spacial score (nSPS) is 12.8. The number of nitrogens with zero attached hydrogens (tertiary/aromatic N) is 2. The summed E-state index contributed by atoms with van der Waals surface area (Å²) in [6.07, 6.45) is 0.197. The van der Waals surface area contributed by atoms with E-state index in [9.17, 15) is 13.2 Å². The molecule has 0 aliphatic heterocycles. The summed E-state index contributed by atoms with van der Waals surface area (Å²) in [5.74, 6) is -0.419. The summed E-state index contributed by atoms with van der Waals surface area (Å²) in [5, 5.41) is 13.9. The highest BCUT2D eigenvalue weighted by molar-refractivity contribution is 7.87. The molecule has 0 bridgehead atoms. The lowest BCUT2D eigenvalue weighted by molar-refractivity contribution is 0.528. The predicted molar refractivity (Wildman–Crippen MR) is 96.2 cm³/mol. The third-order valence-corrected chi connectivity index (χ3v) is 4.59. The SMILES string of the molecule is Cn1c(=O)oc2ccc(-c3ccc(C[C@@H](C#N)NS(N)(=O)=O)cc3)cc21. The van der Waals surface area contributed by atoms with Crippen LogP contribution in [0.5, 0.6) is 0 Å². The highest BCUT2D eigenvalue weighted by atomic mass is 32.2. The molecule has 1 heterocycles. The van der Waals surface area contributed by atoms with E-state index in [0.717, 1.165) is 16.7 Å². The molecule has 1 aromatic heterocycles. The lowest BCUT2D eigenvalue weighted by Gasteiger charge is -2.10. The largest absolute Gasteiger partial charge is 0.419 e. The maximum absolute atomic E-state index is 11.6. The van der Waals surface area contributed by atoms with Crippen LogP contribution in [0.1, 0.15) is 5.56 Å². The second-order valence-corrected chi connectivity index (χ2v) is 7.18. The van der Waals surface area contributed by atoms with Crippen molar-refractivity contribution in [2.75, 3.05) is 0 Å². The van der Waals surface area contributed by atoms with Gasteiger partial charge in [-0.1, -0.05) is 30.3 Å². The first-order valence-electron chi connectivity index (χ1n) is 7.65. The minimum absolute atomic E-state index is 0.197. The number of nitrogens with two attached hydrogens (primary N) is 1. The predicted octanol–water partition coefficient (Wildman–Crippen LogP) is 1.03. The molecule has 0 fully saturated rings. The number of benzene rings is 2. The van der Waals surface area contributed by atoms with Gasteiger partial charge >= 0.3 is 5.76 Å². The summed E-state index contributed by atoms with van der Waals surface area (Å²) < 4.78 is 30.7. The van der Waals surface area contributed by atoms with Crippen LogP contribution in [-0.2, 0) is 23.7 Å². The lowest BCUT2D eigenvalue weighted by Crippen LogP contribution is -2.39. The van der Waals surface area contributed by atoms with Gasteiger partial charge in [0.25, 0.3) is 10.2 Å². The summed E-state index contributed by atoms with van der Waals surface area (Å²) >= 11 is 0. The minimum atomic E-state index is -3.94. The van der Waals surface area contributed by atoms with Gasteiger partial charge in [0, 0.05) is 13.5 Å². The molecule has 134 valence electrons. The molecule has 0 unspecified atom stereocenters. The molecule has 0 aliphatic carbocycles. The third kappa shape index (κ3) is 3.83. The Balaban J connectivity index is 1.84. The summed E-state index contributed by atoms with van der Waals surface area (Å²) in [6, 6.07) is 13.7. The van der Waals surface area contributed by atoms with Crippen molar-refractivity contribution in [3.8, 4) is 17.2 Å². The molecule has 0 saturated heterocycles. The van der Waals surface area contributed by atoms with Gasteiger partial charge in [-0.15, -0.1) is 0 Å². The smallest absolute Gasteiger partial charge is 0.408 e. The maximum atomic E-state index is 11.6. The Hall–Kier alpha value is -2.93. The van der Waals surface area contributed by atoms with Crippen molar-refractivity contribution in [1.29, 1.82) is 5.26 Å². The van der Waals surface area contributed by atoms with Gasteiger partial charge in [0.1, 0.15) is 6.04 Å². The van der Waals surface area contributed by atoms with Crippen LogP contribution in [0.4, 0.5) is 0 Å². The van der Waals surface area contributed by atoms with E-state index in [4.69, 9.17) is 14.8 Å². The van der Waals surface area contributed by atoms with Gasteiger partial charge in [-0.3, -0.25) is 4.57 Å². The van der Waals surface area contributed by atoms with Crippen LogP contribution >= 0.6 is 0 Å². The molecular weight excluding hydrogens is 356 g/mol. The third-order valence-electron chi connectivity index (χ3n) is 3.98. The topological polar surface area (TPSA) is 131 Å². The van der Waals surface area contributed by atoms with Crippen LogP contribution in [0.2, 0.25) is 0 Å². The molecular formula is C17H16N4O4S. The summed E-state index contributed by atoms with van der Waals surface area (Å²) in [5.41, 5.74) is 3.81. The van der Waals surface area contributed by atoms with Crippen molar-refractivity contribution in [2.24, 2.45) is 12.2 Å². The van der Waals surface area contributed by atoms with E-state index in [0.29, 0.717) is 11.1 Å². The molecule has 0 saturated carbocycles. The Morgan fingerprint density at radius 3 is 2.50 bits per heavy atom. The average Bonchev–Trinajstić information content (AvgIpc) is 2.88. The zero-order valence-electron chi connectivity index (χ0n) is 13.8. The number of fused-ring (bicyclic) bond motifs is 1. The van der Waals surface area contributed by atoms with Crippen molar-refractivity contribution in [2.45, 2.75) is 12.5 Å². The van der Waals surface area contributed by atoms with Gasteiger partial charge in [0.05, 0.1) is 11.6 Å². The molecule has 1 atom stereocenters. The fourth-order valence-corrected chi connectivity index (χ4v) is 3.22. The van der Waals surface area contributed by atoms with Crippen molar-refractivity contribution < 1.29 is 12.8 Å². The zero-order valence-corrected chi connectivity index (χ0v) is 14.7. The van der Waals surface area contributed by atoms with Crippen LogP contribution in [0.25, 0.3) is 22.2 Å². The van der Waals surface area contributed by atoms with Crippen molar-refractivity contribution >= 4 is 21.3 Å². The van der Waals surface area contributed by atoms with Gasteiger partial charge in [-0.25, -0.2) is 9.93 Å². The monoisotopic (exact) mass is 372 g/mol. The van der Waals surface area contributed by atoms with Gasteiger partial charge < -0.3 is 4.42 Å². The first kappa shape index (κ1) is 17.9. The van der Waals surface area contributed by atoms with E-state index < -0.39 is 22.0 Å². The fraction of sp³-hybridized carbons (Fsp3) is 0.176. The van der Waals surface area contributed by atoms with Crippen LogP contribution in [0, 0.1) is 11.3 Å². The standard InChI is InChI=1S/C17H16N4O4S/c1-21-15-9-13(6-7-16(15)25-17(21)22)12-4-2-11(3-5-12)8-14(10-18)20-26(19,23)24/h2-7,9,14,20H,8H2,1H3,(H2,19,23,24)/t14-/m0/s1. The van der Waals surface area contributed by atoms with Gasteiger partial charge in [0.2, 0.25) is 0 Å². The molecule has 3 aromatic rings. The van der Waals surface area contributed by atoms with Crippen LogP contribution in [-0.4, -0.2) is 19.0 Å². The molecule has 2 aromatic carbocycles. The van der Waals surface area contributed by atoms with E-state index in [-0.39, 0.29) is 6.42 Å². The summed E-state index contributed by atoms with van der Waals surface area (Å²) in [4.78, 5) is 11.6. The van der Waals surface area contributed by atoms with Crippen molar-refractivity contribution in [3.63, 3.8) is 0 Å². The molecule has 3 rings (SSSR count). The van der Waals surface area contributed by atoms with Gasteiger partial charge in [-0.05, 0) is 28.8 Å². The Kier molecular flexibility index (Phi) is 4.65. The number of aryl methyl sites for hydroxylation is 1. The highest BCUT2D eigenvalue weighted by Crippen LogP contribution is 2.24. The minimum Gasteiger partial charge on any atom is -0.408 e. The zero-order chi connectivity index (χ0) is 18.9. The second kappa shape index (κ2) is 6.76. The van der Waals surface area contributed by atoms with Crippen molar-refractivity contribution in [1.82, 2.24) is 9.29 Å². The van der Waals surface area contributed by atoms with Crippen molar-refractivity contribution in [3.05, 3.63) is 58.6 Å². The molecule has 0 amide bonds. The Morgan fingerprint density at radius 1 is 1.23 bits per heavy atom.